The van der Waals surface area contributed by atoms with E-state index in [4.69, 9.17) is 0 Å². The van der Waals surface area contributed by atoms with Gasteiger partial charge in [0.05, 0.1) is 0 Å². The zero-order chi connectivity index (χ0) is 8.53. The third-order valence-corrected chi connectivity index (χ3v) is 1.95. The summed E-state index contributed by atoms with van der Waals surface area (Å²) in [5.74, 6) is 1.21. The second-order valence-corrected chi connectivity index (χ2v) is 3.84. The van der Waals surface area contributed by atoms with Crippen molar-refractivity contribution in [2.75, 3.05) is 31.6 Å². The van der Waals surface area contributed by atoms with Crippen LogP contribution in [0.1, 0.15) is 13.8 Å². The van der Waals surface area contributed by atoms with E-state index in [2.05, 4.69) is 30.7 Å². The highest BCUT2D eigenvalue weighted by atomic mass is 32.2. The Hall–Kier alpha value is 0.270. The van der Waals surface area contributed by atoms with E-state index in [0.717, 1.165) is 19.6 Å². The highest BCUT2D eigenvalue weighted by Crippen LogP contribution is 1.86. The molecule has 0 aromatic carbocycles. The molecule has 0 unspecified atom stereocenters. The standard InChI is InChI=1S/C8H20N2S/c1-8(2)10-5-4-9-6-7-11-3/h8-10H,4-7H2,1-3H3. The summed E-state index contributed by atoms with van der Waals surface area (Å²) in [4.78, 5) is 0. The van der Waals surface area contributed by atoms with Gasteiger partial charge in [-0.1, -0.05) is 13.8 Å². The number of nitrogens with one attached hydrogen (secondary N) is 2. The fourth-order valence-electron chi connectivity index (χ4n) is 0.748. The van der Waals surface area contributed by atoms with E-state index >= 15 is 0 Å². The van der Waals surface area contributed by atoms with E-state index in [1.807, 2.05) is 11.8 Å². The predicted octanol–water partition coefficient (Wildman–Crippen LogP) is 0.937. The zero-order valence-electron chi connectivity index (χ0n) is 7.81. The lowest BCUT2D eigenvalue weighted by Gasteiger charge is -2.08. The number of hydrogen-bond acceptors (Lipinski definition) is 3. The molecule has 68 valence electrons. The van der Waals surface area contributed by atoms with Gasteiger partial charge in [-0.3, -0.25) is 0 Å². The lowest BCUT2D eigenvalue weighted by molar-refractivity contribution is 0.563. The molecule has 0 amide bonds. The molecule has 0 fully saturated rings. The first kappa shape index (κ1) is 11.3. The molecule has 0 atom stereocenters. The van der Waals surface area contributed by atoms with Crippen molar-refractivity contribution in [2.24, 2.45) is 0 Å². The monoisotopic (exact) mass is 176 g/mol. The SMILES string of the molecule is CSCCNCCNC(C)C. The highest BCUT2D eigenvalue weighted by Gasteiger charge is 1.90. The molecule has 0 aromatic heterocycles. The van der Waals surface area contributed by atoms with Crippen molar-refractivity contribution in [3.63, 3.8) is 0 Å². The maximum absolute atomic E-state index is 3.36. The summed E-state index contributed by atoms with van der Waals surface area (Å²) in [7, 11) is 0. The topological polar surface area (TPSA) is 24.1 Å². The smallest absolute Gasteiger partial charge is 0.00791 e. The third-order valence-electron chi connectivity index (χ3n) is 1.34. The summed E-state index contributed by atoms with van der Waals surface area (Å²) in [5, 5.41) is 6.71. The molecule has 0 saturated heterocycles. The Morgan fingerprint density at radius 2 is 1.91 bits per heavy atom. The zero-order valence-corrected chi connectivity index (χ0v) is 8.63. The lowest BCUT2D eigenvalue weighted by atomic mass is 10.4. The summed E-state index contributed by atoms with van der Waals surface area (Å²) in [6.07, 6.45) is 2.13. The van der Waals surface area contributed by atoms with Gasteiger partial charge in [-0.25, -0.2) is 0 Å². The Labute approximate surface area is 74.5 Å². The Morgan fingerprint density at radius 1 is 1.18 bits per heavy atom. The molecule has 0 aliphatic rings. The van der Waals surface area contributed by atoms with Crippen molar-refractivity contribution in [3.05, 3.63) is 0 Å². The molecule has 0 aliphatic heterocycles. The van der Waals surface area contributed by atoms with Crippen LogP contribution in [0.3, 0.4) is 0 Å². The lowest BCUT2D eigenvalue weighted by Crippen LogP contribution is -2.32. The molecule has 0 radical (unpaired) electrons. The predicted molar refractivity (Wildman–Crippen MR) is 54.4 cm³/mol. The van der Waals surface area contributed by atoms with Crippen LogP contribution in [0.2, 0.25) is 0 Å². The van der Waals surface area contributed by atoms with Crippen LogP contribution < -0.4 is 10.6 Å². The Balaban J connectivity index is 2.80. The van der Waals surface area contributed by atoms with Gasteiger partial charge < -0.3 is 10.6 Å². The molecule has 2 nitrogen and oxygen atoms in total. The van der Waals surface area contributed by atoms with E-state index < -0.39 is 0 Å². The third kappa shape index (κ3) is 10.3. The van der Waals surface area contributed by atoms with E-state index in [1.54, 1.807) is 0 Å². The van der Waals surface area contributed by atoms with Gasteiger partial charge in [-0.05, 0) is 6.26 Å². The van der Waals surface area contributed by atoms with Gasteiger partial charge in [0.1, 0.15) is 0 Å². The van der Waals surface area contributed by atoms with Crippen LogP contribution >= 0.6 is 11.8 Å². The summed E-state index contributed by atoms with van der Waals surface area (Å²) >= 11 is 1.88. The van der Waals surface area contributed by atoms with Gasteiger partial charge in [0.25, 0.3) is 0 Å². The van der Waals surface area contributed by atoms with Crippen molar-refractivity contribution < 1.29 is 0 Å². The summed E-state index contributed by atoms with van der Waals surface area (Å²) in [6.45, 7) is 7.62. The summed E-state index contributed by atoms with van der Waals surface area (Å²) in [6, 6.07) is 0.609. The van der Waals surface area contributed by atoms with Crippen LogP contribution in [0.4, 0.5) is 0 Å². The number of hydrogen-bond donors (Lipinski definition) is 2. The maximum Gasteiger partial charge on any atom is 0.00791 e. The molecule has 11 heavy (non-hydrogen) atoms. The van der Waals surface area contributed by atoms with Gasteiger partial charge >= 0.3 is 0 Å². The van der Waals surface area contributed by atoms with Crippen LogP contribution in [0, 0.1) is 0 Å². The quantitative estimate of drug-likeness (QED) is 0.565. The van der Waals surface area contributed by atoms with Crippen LogP contribution in [0.15, 0.2) is 0 Å². The van der Waals surface area contributed by atoms with E-state index in [-0.39, 0.29) is 0 Å². The van der Waals surface area contributed by atoms with Gasteiger partial charge in [0.15, 0.2) is 0 Å². The molecule has 0 heterocycles. The molecular formula is C8H20N2S. The van der Waals surface area contributed by atoms with Gasteiger partial charge in [-0.2, -0.15) is 11.8 Å². The molecule has 0 saturated carbocycles. The van der Waals surface area contributed by atoms with Crippen molar-refractivity contribution in [3.8, 4) is 0 Å². The second kappa shape index (κ2) is 8.37. The van der Waals surface area contributed by atoms with Crippen molar-refractivity contribution in [2.45, 2.75) is 19.9 Å². The maximum atomic E-state index is 3.36. The number of thioether (sulfide) groups is 1. The molecule has 0 bridgehead atoms. The molecule has 0 rings (SSSR count). The van der Waals surface area contributed by atoms with E-state index in [0.29, 0.717) is 6.04 Å². The average Bonchev–Trinajstić information content (AvgIpc) is 1.96. The van der Waals surface area contributed by atoms with Gasteiger partial charge in [-0.15, -0.1) is 0 Å². The first-order chi connectivity index (χ1) is 5.27. The fraction of sp³-hybridized carbons (Fsp3) is 1.00. The van der Waals surface area contributed by atoms with Crippen LogP contribution in [0.25, 0.3) is 0 Å². The summed E-state index contributed by atoms with van der Waals surface area (Å²) in [5.41, 5.74) is 0. The first-order valence-corrected chi connectivity index (χ1v) is 5.59. The normalized spacial score (nSPS) is 10.9. The van der Waals surface area contributed by atoms with Crippen molar-refractivity contribution in [1.29, 1.82) is 0 Å². The molecule has 2 N–H and O–H groups in total. The second-order valence-electron chi connectivity index (χ2n) is 2.85. The van der Waals surface area contributed by atoms with Gasteiger partial charge in [0.2, 0.25) is 0 Å². The molecule has 0 spiro atoms. The van der Waals surface area contributed by atoms with E-state index in [1.165, 1.54) is 5.75 Å². The van der Waals surface area contributed by atoms with Crippen molar-refractivity contribution in [1.82, 2.24) is 10.6 Å². The molecule has 0 aliphatic carbocycles. The van der Waals surface area contributed by atoms with Crippen molar-refractivity contribution >= 4 is 11.8 Å². The molecular weight excluding hydrogens is 156 g/mol. The Bertz CT molecular complexity index is 76.5. The molecule has 0 aromatic rings. The minimum Gasteiger partial charge on any atom is -0.315 e. The Kier molecular flexibility index (Phi) is 8.57. The van der Waals surface area contributed by atoms with Crippen LogP contribution in [0.5, 0.6) is 0 Å². The molecule has 3 heteroatoms. The Morgan fingerprint density at radius 3 is 2.45 bits per heavy atom. The van der Waals surface area contributed by atoms with E-state index in [9.17, 15) is 0 Å². The first-order valence-electron chi connectivity index (χ1n) is 4.20. The van der Waals surface area contributed by atoms with Gasteiger partial charge in [0, 0.05) is 31.4 Å². The highest BCUT2D eigenvalue weighted by molar-refractivity contribution is 7.98. The minimum absolute atomic E-state index is 0.609. The van der Waals surface area contributed by atoms with Crippen LogP contribution in [-0.4, -0.2) is 37.7 Å². The largest absolute Gasteiger partial charge is 0.315 e. The van der Waals surface area contributed by atoms with Crippen LogP contribution in [-0.2, 0) is 0 Å². The average molecular weight is 176 g/mol. The fourth-order valence-corrected chi connectivity index (χ4v) is 1.10. The minimum atomic E-state index is 0.609. The summed E-state index contributed by atoms with van der Waals surface area (Å²) < 4.78 is 0. The number of rotatable bonds is 7.